The Morgan fingerprint density at radius 3 is 2.76 bits per heavy atom. The Balaban J connectivity index is 0.00000240. The minimum atomic E-state index is -0.197. The van der Waals surface area contributed by atoms with Crippen LogP contribution in [0.25, 0.3) is 0 Å². The van der Waals surface area contributed by atoms with Gasteiger partial charge in [-0.25, -0.2) is 4.68 Å². The number of nitrogens with one attached hydrogen (secondary N) is 2. The van der Waals surface area contributed by atoms with Crippen molar-refractivity contribution >= 4 is 35.8 Å². The molecule has 0 atom stereocenters. The van der Waals surface area contributed by atoms with Gasteiger partial charge in [0.15, 0.2) is 5.69 Å². The number of piperidine rings is 1. The number of thioether (sulfide) groups is 1. The Morgan fingerprint density at radius 1 is 1.17 bits per heavy atom. The number of carbonyl (C=O) groups is 1. The van der Waals surface area contributed by atoms with Crippen molar-refractivity contribution in [3.05, 3.63) is 41.7 Å². The first-order valence-electron chi connectivity index (χ1n) is 10.4. The van der Waals surface area contributed by atoms with E-state index < -0.39 is 0 Å². The molecule has 1 saturated carbocycles. The second kappa shape index (κ2) is 11.0. The molecule has 29 heavy (non-hydrogen) atoms. The molecule has 1 amide bonds. The second-order valence-corrected chi connectivity index (χ2v) is 9.08. The molecule has 2 heterocycles. The normalized spacial score (nSPS) is 18.2. The molecule has 1 aliphatic heterocycles. The lowest BCUT2D eigenvalue weighted by atomic mass is 10.0. The molecule has 158 valence electrons. The molecule has 1 aromatic heterocycles. The predicted octanol–water partition coefficient (Wildman–Crippen LogP) is 4.44. The molecule has 0 radical (unpaired) electrons. The van der Waals surface area contributed by atoms with E-state index in [-0.39, 0.29) is 18.3 Å². The average Bonchev–Trinajstić information content (AvgIpc) is 3.25. The van der Waals surface area contributed by atoms with Crippen molar-refractivity contribution in [2.75, 3.05) is 18.4 Å². The molecule has 6 nitrogen and oxygen atoms in total. The van der Waals surface area contributed by atoms with Gasteiger partial charge in [0.2, 0.25) is 0 Å². The zero-order chi connectivity index (χ0) is 19.2. The van der Waals surface area contributed by atoms with Crippen molar-refractivity contribution in [1.82, 2.24) is 20.3 Å². The van der Waals surface area contributed by atoms with Gasteiger partial charge in [0, 0.05) is 16.7 Å². The Kier molecular flexibility index (Phi) is 8.39. The van der Waals surface area contributed by atoms with Crippen molar-refractivity contribution in [3.8, 4) is 0 Å². The number of benzene rings is 1. The summed E-state index contributed by atoms with van der Waals surface area (Å²) in [4.78, 5) is 12.6. The lowest BCUT2D eigenvalue weighted by molar-refractivity contribution is 0.102. The van der Waals surface area contributed by atoms with Crippen LogP contribution in [0.4, 0.5) is 5.69 Å². The molecule has 0 bridgehead atoms. The number of hydrogen-bond donors (Lipinski definition) is 2. The summed E-state index contributed by atoms with van der Waals surface area (Å²) in [5.74, 6) is 0.803. The average molecular weight is 436 g/mol. The van der Waals surface area contributed by atoms with E-state index in [1.165, 1.54) is 37.7 Å². The number of aromatic nitrogens is 3. The first kappa shape index (κ1) is 22.1. The van der Waals surface area contributed by atoms with Crippen LogP contribution in [0.5, 0.6) is 0 Å². The number of hydrogen-bond acceptors (Lipinski definition) is 5. The number of rotatable bonds is 6. The van der Waals surface area contributed by atoms with Gasteiger partial charge in [-0.3, -0.25) is 4.79 Å². The van der Waals surface area contributed by atoms with Gasteiger partial charge in [-0.15, -0.1) is 17.5 Å². The third-order valence-corrected chi connectivity index (χ3v) is 7.09. The molecular weight excluding hydrogens is 406 g/mol. The van der Waals surface area contributed by atoms with Gasteiger partial charge in [-0.05, 0) is 56.5 Å². The van der Waals surface area contributed by atoms with Gasteiger partial charge >= 0.3 is 0 Å². The smallest absolute Gasteiger partial charge is 0.277 e. The molecule has 1 aliphatic carbocycles. The maximum atomic E-state index is 12.6. The van der Waals surface area contributed by atoms with Crippen molar-refractivity contribution in [1.29, 1.82) is 0 Å². The maximum absolute atomic E-state index is 12.6. The Labute approximate surface area is 183 Å². The fourth-order valence-electron chi connectivity index (χ4n) is 4.01. The standard InChI is InChI=1S/C21H29N5OS.ClH/c27-21(20-14-26(25-24-20)18-9-11-22-12-10-18)23-17-6-4-5-16(13-17)15-28-19-7-2-1-3-8-19;/h4-6,13-14,18-19,22H,1-3,7-12,15H2,(H,23,27);1H. The summed E-state index contributed by atoms with van der Waals surface area (Å²) >= 11 is 2.05. The van der Waals surface area contributed by atoms with Crippen molar-refractivity contribution in [3.63, 3.8) is 0 Å². The predicted molar refractivity (Wildman–Crippen MR) is 121 cm³/mol. The minimum absolute atomic E-state index is 0. The Bertz CT molecular complexity index is 787. The van der Waals surface area contributed by atoms with Crippen LogP contribution in [-0.2, 0) is 5.75 Å². The van der Waals surface area contributed by atoms with Gasteiger partial charge in [-0.1, -0.05) is 36.6 Å². The highest BCUT2D eigenvalue weighted by molar-refractivity contribution is 7.99. The fraction of sp³-hybridized carbons (Fsp3) is 0.571. The van der Waals surface area contributed by atoms with E-state index in [2.05, 4.69) is 44.8 Å². The summed E-state index contributed by atoms with van der Waals surface area (Å²) in [6.07, 6.45) is 10.6. The Hall–Kier alpha value is -1.57. The first-order chi connectivity index (χ1) is 13.8. The molecule has 2 fully saturated rings. The molecule has 1 aromatic carbocycles. The molecule has 2 N–H and O–H groups in total. The molecule has 4 rings (SSSR count). The molecule has 8 heteroatoms. The van der Waals surface area contributed by atoms with Crippen molar-refractivity contribution < 1.29 is 4.79 Å². The van der Waals surface area contributed by atoms with Crippen LogP contribution in [0.2, 0.25) is 0 Å². The molecule has 2 aromatic rings. The summed E-state index contributed by atoms with van der Waals surface area (Å²) in [6.45, 7) is 1.97. The Morgan fingerprint density at radius 2 is 1.97 bits per heavy atom. The monoisotopic (exact) mass is 435 g/mol. The topological polar surface area (TPSA) is 71.8 Å². The number of halogens is 1. The van der Waals surface area contributed by atoms with E-state index in [1.54, 1.807) is 6.20 Å². The van der Waals surface area contributed by atoms with Gasteiger partial charge in [-0.2, -0.15) is 11.8 Å². The summed E-state index contributed by atoms with van der Waals surface area (Å²) in [5.41, 5.74) is 2.45. The zero-order valence-corrected chi connectivity index (χ0v) is 18.3. The highest BCUT2D eigenvalue weighted by Gasteiger charge is 2.19. The van der Waals surface area contributed by atoms with E-state index in [0.717, 1.165) is 42.6 Å². The number of anilines is 1. The molecule has 0 spiro atoms. The van der Waals surface area contributed by atoms with Gasteiger partial charge in [0.1, 0.15) is 0 Å². The molecule has 0 unspecified atom stereocenters. The third kappa shape index (κ3) is 6.20. The van der Waals surface area contributed by atoms with Crippen LogP contribution >= 0.6 is 24.2 Å². The summed E-state index contributed by atoms with van der Waals surface area (Å²) < 4.78 is 1.84. The van der Waals surface area contributed by atoms with E-state index in [4.69, 9.17) is 0 Å². The van der Waals surface area contributed by atoms with Crippen LogP contribution in [-0.4, -0.2) is 39.2 Å². The number of nitrogens with zero attached hydrogens (tertiary/aromatic N) is 3. The summed E-state index contributed by atoms with van der Waals surface area (Å²) in [5, 5.41) is 15.4. The van der Waals surface area contributed by atoms with Crippen LogP contribution < -0.4 is 10.6 Å². The third-order valence-electron chi connectivity index (χ3n) is 5.65. The second-order valence-electron chi connectivity index (χ2n) is 7.79. The van der Waals surface area contributed by atoms with E-state index in [1.807, 2.05) is 16.8 Å². The first-order valence-corrected chi connectivity index (χ1v) is 11.5. The van der Waals surface area contributed by atoms with Crippen molar-refractivity contribution in [2.24, 2.45) is 0 Å². The van der Waals surface area contributed by atoms with E-state index in [0.29, 0.717) is 11.7 Å². The van der Waals surface area contributed by atoms with Crippen LogP contribution in [0.1, 0.15) is 67.0 Å². The van der Waals surface area contributed by atoms with Gasteiger partial charge < -0.3 is 10.6 Å². The highest BCUT2D eigenvalue weighted by Crippen LogP contribution is 2.30. The van der Waals surface area contributed by atoms with E-state index in [9.17, 15) is 4.79 Å². The van der Waals surface area contributed by atoms with E-state index >= 15 is 0 Å². The van der Waals surface area contributed by atoms with Gasteiger partial charge in [0.05, 0.1) is 12.2 Å². The lowest BCUT2D eigenvalue weighted by Gasteiger charge is -2.22. The molecule has 2 aliphatic rings. The number of amides is 1. The number of carbonyl (C=O) groups excluding carboxylic acids is 1. The maximum Gasteiger partial charge on any atom is 0.277 e. The summed E-state index contributed by atoms with van der Waals surface area (Å²) in [6, 6.07) is 8.49. The lowest BCUT2D eigenvalue weighted by Crippen LogP contribution is -2.29. The molecular formula is C21H30ClN5OS. The SMILES string of the molecule is Cl.O=C(Nc1cccc(CSC2CCCCC2)c1)c1cn(C2CCNCC2)nn1. The minimum Gasteiger partial charge on any atom is -0.321 e. The highest BCUT2D eigenvalue weighted by atomic mass is 35.5. The van der Waals surface area contributed by atoms with Gasteiger partial charge in [0.25, 0.3) is 5.91 Å². The van der Waals surface area contributed by atoms with Crippen LogP contribution in [0, 0.1) is 0 Å². The van der Waals surface area contributed by atoms with Crippen molar-refractivity contribution in [2.45, 2.75) is 62.0 Å². The fourth-order valence-corrected chi connectivity index (χ4v) is 5.28. The van der Waals surface area contributed by atoms with Crippen LogP contribution in [0.3, 0.4) is 0 Å². The van der Waals surface area contributed by atoms with Crippen LogP contribution in [0.15, 0.2) is 30.5 Å². The quantitative estimate of drug-likeness (QED) is 0.701. The summed E-state index contributed by atoms with van der Waals surface area (Å²) in [7, 11) is 0. The molecule has 1 saturated heterocycles. The zero-order valence-electron chi connectivity index (χ0n) is 16.7. The largest absolute Gasteiger partial charge is 0.321 e.